The molecule has 1 atom stereocenters. The van der Waals surface area contributed by atoms with Crippen molar-refractivity contribution in [2.45, 2.75) is 6.42 Å². The monoisotopic (exact) mass is 153 g/mol. The largest absolute Gasteiger partial charge is 0.381 e. The van der Waals surface area contributed by atoms with Crippen LogP contribution >= 0.6 is 0 Å². The summed E-state index contributed by atoms with van der Waals surface area (Å²) < 4.78 is 5.05. The highest BCUT2D eigenvalue weighted by atomic mass is 16.5. The van der Waals surface area contributed by atoms with Gasteiger partial charge in [-0.15, -0.1) is 6.42 Å². The smallest absolute Gasteiger partial charge is 0.226 e. The van der Waals surface area contributed by atoms with E-state index < -0.39 is 0 Å². The summed E-state index contributed by atoms with van der Waals surface area (Å²) in [7, 11) is 0. The van der Waals surface area contributed by atoms with Crippen LogP contribution in [0.1, 0.15) is 6.42 Å². The highest BCUT2D eigenvalue weighted by Crippen LogP contribution is 2.11. The average Bonchev–Trinajstić information content (AvgIpc) is 2.52. The molecule has 1 saturated heterocycles. The van der Waals surface area contributed by atoms with Crippen LogP contribution in [0.25, 0.3) is 0 Å². The first-order valence-electron chi connectivity index (χ1n) is 3.63. The van der Waals surface area contributed by atoms with Gasteiger partial charge in [0.05, 0.1) is 19.1 Å². The summed E-state index contributed by atoms with van der Waals surface area (Å²) in [6, 6.07) is 0. The first-order valence-corrected chi connectivity index (χ1v) is 3.63. The van der Waals surface area contributed by atoms with Crippen LogP contribution in [-0.4, -0.2) is 25.7 Å². The standard InChI is InChI=1S/C8H11NO2/c1-2-4-9-8(10)7-3-5-11-6-7/h1,7H,3-6H2,(H,9,10). The van der Waals surface area contributed by atoms with Crippen LogP contribution in [0.2, 0.25) is 0 Å². The maximum Gasteiger partial charge on any atom is 0.226 e. The molecule has 1 N–H and O–H groups in total. The van der Waals surface area contributed by atoms with Crippen molar-refractivity contribution in [3.63, 3.8) is 0 Å². The number of terminal acetylenes is 1. The molecule has 0 radical (unpaired) electrons. The number of amides is 1. The van der Waals surface area contributed by atoms with Crippen LogP contribution in [0.15, 0.2) is 0 Å². The van der Waals surface area contributed by atoms with Crippen molar-refractivity contribution in [1.82, 2.24) is 5.32 Å². The zero-order valence-corrected chi connectivity index (χ0v) is 6.30. The van der Waals surface area contributed by atoms with Gasteiger partial charge in [0, 0.05) is 6.61 Å². The summed E-state index contributed by atoms with van der Waals surface area (Å²) in [5.74, 6) is 2.38. The van der Waals surface area contributed by atoms with Gasteiger partial charge in [-0.3, -0.25) is 4.79 Å². The Morgan fingerprint density at radius 1 is 1.82 bits per heavy atom. The molecule has 60 valence electrons. The molecule has 1 rings (SSSR count). The minimum Gasteiger partial charge on any atom is -0.381 e. The molecule has 1 aliphatic rings. The molecule has 0 spiro atoms. The number of rotatable bonds is 2. The van der Waals surface area contributed by atoms with E-state index in [0.717, 1.165) is 6.42 Å². The van der Waals surface area contributed by atoms with E-state index in [9.17, 15) is 4.79 Å². The van der Waals surface area contributed by atoms with E-state index in [-0.39, 0.29) is 11.8 Å². The lowest BCUT2D eigenvalue weighted by molar-refractivity contribution is -0.124. The molecule has 1 fully saturated rings. The van der Waals surface area contributed by atoms with Gasteiger partial charge >= 0.3 is 0 Å². The van der Waals surface area contributed by atoms with Crippen molar-refractivity contribution in [2.75, 3.05) is 19.8 Å². The molecule has 0 aromatic heterocycles. The Balaban J connectivity index is 2.24. The minimum atomic E-state index is 0.0143. The van der Waals surface area contributed by atoms with Crippen LogP contribution in [0.4, 0.5) is 0 Å². The van der Waals surface area contributed by atoms with Crippen LogP contribution in [0.3, 0.4) is 0 Å². The summed E-state index contributed by atoms with van der Waals surface area (Å²) in [6.45, 7) is 1.54. The van der Waals surface area contributed by atoms with Gasteiger partial charge in [0.15, 0.2) is 0 Å². The lowest BCUT2D eigenvalue weighted by atomic mass is 10.1. The Morgan fingerprint density at radius 2 is 2.64 bits per heavy atom. The fraction of sp³-hybridized carbons (Fsp3) is 0.625. The topological polar surface area (TPSA) is 38.3 Å². The van der Waals surface area contributed by atoms with Crippen molar-refractivity contribution in [2.24, 2.45) is 5.92 Å². The maximum absolute atomic E-state index is 11.1. The Bertz CT molecular complexity index is 177. The first-order chi connectivity index (χ1) is 5.34. The summed E-state index contributed by atoms with van der Waals surface area (Å²) in [6.07, 6.45) is 5.80. The van der Waals surface area contributed by atoms with Gasteiger partial charge in [-0.1, -0.05) is 5.92 Å². The lowest BCUT2D eigenvalue weighted by Crippen LogP contribution is -2.31. The van der Waals surface area contributed by atoms with Gasteiger partial charge in [0.25, 0.3) is 0 Å². The van der Waals surface area contributed by atoms with Crippen LogP contribution in [0.5, 0.6) is 0 Å². The van der Waals surface area contributed by atoms with Crippen LogP contribution in [-0.2, 0) is 9.53 Å². The third-order valence-corrected chi connectivity index (χ3v) is 1.67. The molecule has 3 nitrogen and oxygen atoms in total. The minimum absolute atomic E-state index is 0.0143. The van der Waals surface area contributed by atoms with Crippen molar-refractivity contribution < 1.29 is 9.53 Å². The summed E-state index contributed by atoms with van der Waals surface area (Å²) in [5, 5.41) is 2.62. The van der Waals surface area contributed by atoms with E-state index in [1.807, 2.05) is 0 Å². The van der Waals surface area contributed by atoms with Gasteiger partial charge < -0.3 is 10.1 Å². The molecular weight excluding hydrogens is 142 g/mol. The average molecular weight is 153 g/mol. The second kappa shape index (κ2) is 3.99. The third-order valence-electron chi connectivity index (χ3n) is 1.67. The number of hydrogen-bond donors (Lipinski definition) is 1. The fourth-order valence-corrected chi connectivity index (χ4v) is 1.02. The van der Waals surface area contributed by atoms with Gasteiger partial charge in [0.1, 0.15) is 0 Å². The Morgan fingerprint density at radius 3 is 3.18 bits per heavy atom. The Labute approximate surface area is 66.1 Å². The van der Waals surface area contributed by atoms with E-state index in [1.54, 1.807) is 0 Å². The SMILES string of the molecule is C#CCNC(=O)C1CCOC1. The predicted octanol–water partition coefficient (Wildman–Crippen LogP) is -0.228. The van der Waals surface area contributed by atoms with Crippen molar-refractivity contribution >= 4 is 5.91 Å². The van der Waals surface area contributed by atoms with E-state index >= 15 is 0 Å². The second-order valence-electron chi connectivity index (χ2n) is 2.48. The summed E-state index contributed by atoms with van der Waals surface area (Å²) in [4.78, 5) is 11.1. The van der Waals surface area contributed by atoms with Gasteiger partial charge in [-0.05, 0) is 6.42 Å². The Hall–Kier alpha value is -1.01. The number of carbonyl (C=O) groups excluding carboxylic acids is 1. The molecule has 11 heavy (non-hydrogen) atoms. The normalized spacial score (nSPS) is 22.6. The van der Waals surface area contributed by atoms with Gasteiger partial charge in [-0.25, -0.2) is 0 Å². The zero-order valence-electron chi connectivity index (χ0n) is 6.30. The third kappa shape index (κ3) is 2.24. The fourth-order valence-electron chi connectivity index (χ4n) is 1.02. The number of ether oxygens (including phenoxy) is 1. The number of carbonyl (C=O) groups is 1. The van der Waals surface area contributed by atoms with Crippen molar-refractivity contribution in [3.8, 4) is 12.3 Å². The van der Waals surface area contributed by atoms with E-state index in [1.165, 1.54) is 0 Å². The molecule has 0 aromatic rings. The quantitative estimate of drug-likeness (QED) is 0.557. The van der Waals surface area contributed by atoms with Crippen molar-refractivity contribution in [1.29, 1.82) is 0 Å². The molecule has 0 aromatic carbocycles. The molecule has 1 unspecified atom stereocenters. The highest BCUT2D eigenvalue weighted by Gasteiger charge is 2.22. The van der Waals surface area contributed by atoms with Crippen LogP contribution < -0.4 is 5.32 Å². The molecule has 1 aliphatic heterocycles. The molecule has 0 aliphatic carbocycles. The zero-order chi connectivity index (χ0) is 8.10. The number of nitrogens with one attached hydrogen (secondary N) is 1. The van der Waals surface area contributed by atoms with E-state index in [4.69, 9.17) is 11.2 Å². The molecule has 0 bridgehead atoms. The highest BCUT2D eigenvalue weighted by molar-refractivity contribution is 5.79. The first kappa shape index (κ1) is 8.09. The summed E-state index contributed by atoms with van der Waals surface area (Å²) >= 11 is 0. The number of hydrogen-bond acceptors (Lipinski definition) is 2. The van der Waals surface area contributed by atoms with E-state index in [0.29, 0.717) is 19.8 Å². The lowest BCUT2D eigenvalue weighted by Gasteiger charge is -2.05. The predicted molar refractivity (Wildman–Crippen MR) is 40.8 cm³/mol. The summed E-state index contributed by atoms with van der Waals surface area (Å²) in [5.41, 5.74) is 0. The molecule has 3 heteroatoms. The van der Waals surface area contributed by atoms with Crippen molar-refractivity contribution in [3.05, 3.63) is 0 Å². The van der Waals surface area contributed by atoms with Gasteiger partial charge in [0.2, 0.25) is 5.91 Å². The van der Waals surface area contributed by atoms with Gasteiger partial charge in [-0.2, -0.15) is 0 Å². The molecular formula is C8H11NO2. The van der Waals surface area contributed by atoms with E-state index in [2.05, 4.69) is 11.2 Å². The second-order valence-corrected chi connectivity index (χ2v) is 2.48. The van der Waals surface area contributed by atoms with Crippen LogP contribution in [0, 0.1) is 18.3 Å². The molecule has 1 heterocycles. The maximum atomic E-state index is 11.1. The molecule has 0 saturated carbocycles. The Kier molecular flexibility index (Phi) is 2.94. The molecule has 1 amide bonds.